The highest BCUT2D eigenvalue weighted by atomic mass is 16.3. The lowest BCUT2D eigenvalue weighted by molar-refractivity contribution is 0.347. The molecule has 0 spiro atoms. The van der Waals surface area contributed by atoms with Gasteiger partial charge in [0.25, 0.3) is 0 Å². The highest BCUT2D eigenvalue weighted by Crippen LogP contribution is 2.36. The van der Waals surface area contributed by atoms with E-state index in [1.807, 2.05) is 12.1 Å². The average Bonchev–Trinajstić information content (AvgIpc) is 2.19. The zero-order valence-electron chi connectivity index (χ0n) is 8.74. The third-order valence-corrected chi connectivity index (χ3v) is 3.36. The minimum absolute atomic E-state index is 0.404. The minimum atomic E-state index is 0.404. The maximum atomic E-state index is 9.40. The van der Waals surface area contributed by atoms with E-state index in [0.717, 1.165) is 5.92 Å². The summed E-state index contributed by atoms with van der Waals surface area (Å²) in [4.78, 5) is 0. The molecule has 0 aliphatic heterocycles. The molecular weight excluding hydrogens is 172 g/mol. The lowest BCUT2D eigenvalue weighted by Gasteiger charge is -2.26. The van der Waals surface area contributed by atoms with Crippen molar-refractivity contribution in [2.45, 2.75) is 38.5 Å². The van der Waals surface area contributed by atoms with E-state index < -0.39 is 0 Å². The van der Waals surface area contributed by atoms with E-state index in [4.69, 9.17) is 0 Å². The van der Waals surface area contributed by atoms with E-state index in [9.17, 15) is 5.11 Å². The summed E-state index contributed by atoms with van der Waals surface area (Å²) < 4.78 is 0. The average molecular weight is 190 g/mol. The summed E-state index contributed by atoms with van der Waals surface area (Å²) in [6, 6.07) is 7.75. The summed E-state index contributed by atoms with van der Waals surface area (Å²) in [6.07, 6.45) is 5.23. The SMILES string of the molecule is CC1CCC(c2cccc(O)c2)CC1. The largest absolute Gasteiger partial charge is 0.508 e. The number of phenols is 1. The molecule has 1 saturated carbocycles. The van der Waals surface area contributed by atoms with Gasteiger partial charge < -0.3 is 5.11 Å². The van der Waals surface area contributed by atoms with E-state index in [0.29, 0.717) is 11.7 Å². The topological polar surface area (TPSA) is 20.2 Å². The fourth-order valence-electron chi connectivity index (χ4n) is 2.37. The molecule has 76 valence electrons. The van der Waals surface area contributed by atoms with Crippen LogP contribution in [-0.2, 0) is 0 Å². The summed E-state index contributed by atoms with van der Waals surface area (Å²) in [5.41, 5.74) is 1.32. The number of hydrogen-bond acceptors (Lipinski definition) is 1. The second-order valence-electron chi connectivity index (χ2n) is 4.55. The van der Waals surface area contributed by atoms with E-state index >= 15 is 0 Å². The molecule has 1 heteroatoms. The van der Waals surface area contributed by atoms with Crippen LogP contribution in [0, 0.1) is 5.92 Å². The van der Waals surface area contributed by atoms with Crippen molar-refractivity contribution in [1.29, 1.82) is 0 Å². The summed E-state index contributed by atoms with van der Waals surface area (Å²) in [6.45, 7) is 2.33. The van der Waals surface area contributed by atoms with Gasteiger partial charge in [-0.05, 0) is 42.4 Å². The maximum Gasteiger partial charge on any atom is 0.115 e. The van der Waals surface area contributed by atoms with Gasteiger partial charge >= 0.3 is 0 Å². The van der Waals surface area contributed by atoms with Crippen LogP contribution in [0.25, 0.3) is 0 Å². The molecule has 1 aliphatic rings. The Labute approximate surface area is 85.8 Å². The molecule has 0 atom stereocenters. The van der Waals surface area contributed by atoms with Crippen molar-refractivity contribution < 1.29 is 5.11 Å². The molecule has 1 aromatic rings. The predicted molar refractivity (Wildman–Crippen MR) is 58.5 cm³/mol. The smallest absolute Gasteiger partial charge is 0.115 e. The van der Waals surface area contributed by atoms with Gasteiger partial charge in [-0.1, -0.05) is 31.9 Å². The van der Waals surface area contributed by atoms with Gasteiger partial charge in [-0.3, -0.25) is 0 Å². The molecule has 1 N–H and O–H groups in total. The standard InChI is InChI=1S/C13H18O/c1-10-5-7-11(8-6-10)12-3-2-4-13(14)9-12/h2-4,9-11,14H,5-8H2,1H3. The Morgan fingerprint density at radius 3 is 2.50 bits per heavy atom. The van der Waals surface area contributed by atoms with Crippen molar-refractivity contribution in [3.63, 3.8) is 0 Å². The highest BCUT2D eigenvalue weighted by molar-refractivity contribution is 5.29. The third-order valence-electron chi connectivity index (χ3n) is 3.36. The molecule has 0 amide bonds. The predicted octanol–water partition coefficient (Wildman–Crippen LogP) is 3.69. The van der Waals surface area contributed by atoms with Gasteiger partial charge in [0.05, 0.1) is 0 Å². The first kappa shape index (κ1) is 9.57. The van der Waals surface area contributed by atoms with Crippen molar-refractivity contribution in [1.82, 2.24) is 0 Å². The molecule has 1 aromatic carbocycles. The molecule has 0 radical (unpaired) electrons. The van der Waals surface area contributed by atoms with Gasteiger partial charge in [-0.25, -0.2) is 0 Å². The van der Waals surface area contributed by atoms with Gasteiger partial charge in [0.15, 0.2) is 0 Å². The van der Waals surface area contributed by atoms with Crippen LogP contribution in [-0.4, -0.2) is 5.11 Å². The Kier molecular flexibility index (Phi) is 2.76. The van der Waals surface area contributed by atoms with Gasteiger partial charge in [-0.2, -0.15) is 0 Å². The first-order chi connectivity index (χ1) is 6.75. The maximum absolute atomic E-state index is 9.40. The molecule has 1 fully saturated rings. The number of rotatable bonds is 1. The number of benzene rings is 1. The molecule has 0 unspecified atom stereocenters. The molecule has 0 bridgehead atoms. The van der Waals surface area contributed by atoms with Crippen molar-refractivity contribution in [2.24, 2.45) is 5.92 Å². The zero-order valence-corrected chi connectivity index (χ0v) is 8.74. The fourth-order valence-corrected chi connectivity index (χ4v) is 2.37. The van der Waals surface area contributed by atoms with E-state index in [1.54, 1.807) is 6.07 Å². The van der Waals surface area contributed by atoms with E-state index in [2.05, 4.69) is 13.0 Å². The Bertz CT molecular complexity index is 298. The second-order valence-corrected chi connectivity index (χ2v) is 4.55. The van der Waals surface area contributed by atoms with Crippen molar-refractivity contribution in [3.05, 3.63) is 29.8 Å². The quantitative estimate of drug-likeness (QED) is 0.716. The van der Waals surface area contributed by atoms with Crippen LogP contribution >= 0.6 is 0 Å². The minimum Gasteiger partial charge on any atom is -0.508 e. The fraction of sp³-hybridized carbons (Fsp3) is 0.538. The lowest BCUT2D eigenvalue weighted by Crippen LogP contribution is -2.10. The monoisotopic (exact) mass is 190 g/mol. The van der Waals surface area contributed by atoms with Crippen LogP contribution in [0.2, 0.25) is 0 Å². The molecule has 0 aromatic heterocycles. The van der Waals surface area contributed by atoms with Gasteiger partial charge in [0, 0.05) is 0 Å². The molecule has 0 heterocycles. The molecular formula is C13H18O. The van der Waals surface area contributed by atoms with Crippen molar-refractivity contribution in [3.8, 4) is 5.75 Å². The summed E-state index contributed by atoms with van der Waals surface area (Å²) in [5, 5.41) is 9.40. The van der Waals surface area contributed by atoms with Gasteiger partial charge in [0.1, 0.15) is 5.75 Å². The molecule has 1 aliphatic carbocycles. The summed E-state index contributed by atoms with van der Waals surface area (Å²) in [5.74, 6) is 1.97. The number of hydrogen-bond donors (Lipinski definition) is 1. The number of aromatic hydroxyl groups is 1. The van der Waals surface area contributed by atoms with Gasteiger partial charge in [0.2, 0.25) is 0 Å². The Hall–Kier alpha value is -0.980. The molecule has 1 nitrogen and oxygen atoms in total. The summed E-state index contributed by atoms with van der Waals surface area (Å²) >= 11 is 0. The normalized spacial score (nSPS) is 27.5. The van der Waals surface area contributed by atoms with Gasteiger partial charge in [-0.15, -0.1) is 0 Å². The van der Waals surface area contributed by atoms with E-state index in [1.165, 1.54) is 31.2 Å². The molecule has 2 rings (SSSR count). The Morgan fingerprint density at radius 1 is 1.14 bits per heavy atom. The lowest BCUT2D eigenvalue weighted by atomic mass is 9.79. The Morgan fingerprint density at radius 2 is 1.86 bits per heavy atom. The summed E-state index contributed by atoms with van der Waals surface area (Å²) in [7, 11) is 0. The van der Waals surface area contributed by atoms with Crippen LogP contribution < -0.4 is 0 Å². The second kappa shape index (κ2) is 4.04. The number of phenolic OH excluding ortho intramolecular Hbond substituents is 1. The van der Waals surface area contributed by atoms with Crippen LogP contribution in [0.5, 0.6) is 5.75 Å². The zero-order chi connectivity index (χ0) is 9.97. The van der Waals surface area contributed by atoms with Crippen molar-refractivity contribution >= 4 is 0 Å². The van der Waals surface area contributed by atoms with Crippen LogP contribution in [0.3, 0.4) is 0 Å². The third kappa shape index (κ3) is 2.09. The van der Waals surface area contributed by atoms with Crippen LogP contribution in [0.4, 0.5) is 0 Å². The van der Waals surface area contributed by atoms with Crippen molar-refractivity contribution in [2.75, 3.05) is 0 Å². The Balaban J connectivity index is 2.08. The first-order valence-electron chi connectivity index (χ1n) is 5.54. The highest BCUT2D eigenvalue weighted by Gasteiger charge is 2.19. The first-order valence-corrected chi connectivity index (χ1v) is 5.54. The van der Waals surface area contributed by atoms with Crippen LogP contribution in [0.15, 0.2) is 24.3 Å². The van der Waals surface area contributed by atoms with Crippen LogP contribution in [0.1, 0.15) is 44.1 Å². The molecule has 14 heavy (non-hydrogen) atoms. The van der Waals surface area contributed by atoms with E-state index in [-0.39, 0.29) is 0 Å². The molecule has 0 saturated heterocycles.